The molecule has 1 aromatic carbocycles. The van der Waals surface area contributed by atoms with Gasteiger partial charge < -0.3 is 16.2 Å². The van der Waals surface area contributed by atoms with Crippen LogP contribution in [0.15, 0.2) is 18.2 Å². The Balaban J connectivity index is 2.11. The van der Waals surface area contributed by atoms with Crippen LogP contribution in [-0.2, 0) is 22.4 Å². The number of carboxylic acid groups (broad SMARTS) is 1. The second-order valence-corrected chi connectivity index (χ2v) is 7.34. The highest BCUT2D eigenvalue weighted by atomic mass is 35.5. The summed E-state index contributed by atoms with van der Waals surface area (Å²) >= 11 is 7.11. The van der Waals surface area contributed by atoms with Crippen LogP contribution < -0.4 is 11.1 Å². The minimum Gasteiger partial charge on any atom is -0.481 e. The molecule has 1 amide bonds. The Bertz CT molecular complexity index is 907. The number of halogens is 2. The van der Waals surface area contributed by atoms with Crippen LogP contribution in [0.5, 0.6) is 0 Å². The number of carbonyl (C=O) groups excluding carboxylic acids is 2. The number of carboxylic acids is 1. The van der Waals surface area contributed by atoms with Crippen LogP contribution in [-0.4, -0.2) is 29.3 Å². The number of ketones is 1. The molecule has 2 aromatic rings. The first-order chi connectivity index (χ1) is 12.3. The van der Waals surface area contributed by atoms with Crippen LogP contribution in [0.3, 0.4) is 0 Å². The molecule has 0 saturated heterocycles. The van der Waals surface area contributed by atoms with Gasteiger partial charge in [-0.3, -0.25) is 14.4 Å². The van der Waals surface area contributed by atoms with Gasteiger partial charge in [-0.25, -0.2) is 4.39 Å². The van der Waals surface area contributed by atoms with Crippen LogP contribution in [0.2, 0.25) is 5.02 Å². The van der Waals surface area contributed by atoms with E-state index < -0.39 is 29.4 Å². The van der Waals surface area contributed by atoms with Crippen LogP contribution >= 0.6 is 22.9 Å². The van der Waals surface area contributed by atoms with Gasteiger partial charge in [0.15, 0.2) is 0 Å². The number of amides is 1. The topological polar surface area (TPSA) is 109 Å². The molecule has 0 fully saturated rings. The van der Waals surface area contributed by atoms with E-state index in [0.29, 0.717) is 10.4 Å². The molecule has 1 aliphatic carbocycles. The maximum atomic E-state index is 14.2. The second kappa shape index (κ2) is 7.14. The lowest BCUT2D eigenvalue weighted by molar-refractivity contribution is -0.141. The molecule has 136 valence electrons. The van der Waals surface area contributed by atoms with Crippen molar-refractivity contribution in [2.24, 2.45) is 11.7 Å². The first kappa shape index (κ1) is 18.5. The van der Waals surface area contributed by atoms with Crippen LogP contribution in [0.4, 0.5) is 9.39 Å². The third-order valence-electron chi connectivity index (χ3n) is 4.18. The molecule has 0 radical (unpaired) electrons. The molecule has 0 saturated carbocycles. The molecule has 26 heavy (non-hydrogen) atoms. The average Bonchev–Trinajstić information content (AvgIpc) is 3.11. The lowest BCUT2D eigenvalue weighted by Gasteiger charge is -2.10. The largest absolute Gasteiger partial charge is 0.481 e. The van der Waals surface area contributed by atoms with E-state index in [4.69, 9.17) is 17.3 Å². The highest BCUT2D eigenvalue weighted by molar-refractivity contribution is 7.17. The summed E-state index contributed by atoms with van der Waals surface area (Å²) in [5.41, 5.74) is 5.60. The molecule has 1 aromatic heterocycles. The van der Waals surface area contributed by atoms with Gasteiger partial charge in [-0.15, -0.1) is 11.3 Å². The number of hydrogen-bond donors (Lipinski definition) is 3. The van der Waals surface area contributed by atoms with Crippen LogP contribution in [0.1, 0.15) is 26.4 Å². The van der Waals surface area contributed by atoms with Gasteiger partial charge in [-0.05, 0) is 30.5 Å². The monoisotopic (exact) mass is 396 g/mol. The number of carbonyl (C=O) groups is 3. The SMILES string of the molecule is NCC(=O)Nc1sc2c(c1C(=O)c1c(F)cccc1Cl)CC(C(=O)O)C2. The number of thiophene rings is 1. The van der Waals surface area contributed by atoms with Crippen molar-refractivity contribution in [1.29, 1.82) is 0 Å². The molecular formula is C17H14ClFN2O4S. The van der Waals surface area contributed by atoms with Crippen LogP contribution in [0.25, 0.3) is 0 Å². The number of anilines is 1. The van der Waals surface area contributed by atoms with Crippen molar-refractivity contribution in [3.8, 4) is 0 Å². The number of benzene rings is 1. The quantitative estimate of drug-likeness (QED) is 0.672. The molecule has 0 aliphatic heterocycles. The number of rotatable bonds is 5. The van der Waals surface area contributed by atoms with Gasteiger partial charge in [0.05, 0.1) is 28.6 Å². The van der Waals surface area contributed by atoms with E-state index >= 15 is 0 Å². The summed E-state index contributed by atoms with van der Waals surface area (Å²) in [4.78, 5) is 36.7. The van der Waals surface area contributed by atoms with Crippen molar-refractivity contribution in [3.05, 3.63) is 50.6 Å². The normalized spacial score (nSPS) is 15.6. The third kappa shape index (κ3) is 3.23. The van der Waals surface area contributed by atoms with Gasteiger partial charge in [-0.2, -0.15) is 0 Å². The first-order valence-corrected chi connectivity index (χ1v) is 8.88. The van der Waals surface area contributed by atoms with Crippen LogP contribution in [0, 0.1) is 11.7 Å². The molecule has 0 spiro atoms. The fraction of sp³-hybridized carbons (Fsp3) is 0.235. The zero-order valence-corrected chi connectivity index (χ0v) is 14.9. The Labute approximate surface area is 156 Å². The number of nitrogens with one attached hydrogen (secondary N) is 1. The van der Waals surface area contributed by atoms with E-state index in [0.717, 1.165) is 17.4 Å². The van der Waals surface area contributed by atoms with Crippen molar-refractivity contribution in [1.82, 2.24) is 0 Å². The van der Waals surface area contributed by atoms with Crippen molar-refractivity contribution in [3.63, 3.8) is 0 Å². The first-order valence-electron chi connectivity index (χ1n) is 7.69. The molecule has 1 aliphatic rings. The molecule has 0 bridgehead atoms. The maximum Gasteiger partial charge on any atom is 0.307 e. The van der Waals surface area contributed by atoms with Gasteiger partial charge in [-0.1, -0.05) is 17.7 Å². The highest BCUT2D eigenvalue weighted by Gasteiger charge is 2.36. The Kier molecular flexibility index (Phi) is 5.08. The Morgan fingerprint density at radius 1 is 1.31 bits per heavy atom. The van der Waals surface area contributed by atoms with E-state index in [1.54, 1.807) is 0 Å². The van der Waals surface area contributed by atoms with E-state index in [1.165, 1.54) is 12.1 Å². The zero-order chi connectivity index (χ0) is 19.0. The summed E-state index contributed by atoms with van der Waals surface area (Å²) in [6, 6.07) is 3.89. The highest BCUT2D eigenvalue weighted by Crippen LogP contribution is 2.43. The average molecular weight is 397 g/mol. The number of hydrogen-bond acceptors (Lipinski definition) is 5. The summed E-state index contributed by atoms with van der Waals surface area (Å²) in [5, 5.41) is 12.0. The van der Waals surface area contributed by atoms with Crippen molar-refractivity contribution in [2.75, 3.05) is 11.9 Å². The van der Waals surface area contributed by atoms with E-state index in [2.05, 4.69) is 5.32 Å². The predicted molar refractivity (Wildman–Crippen MR) is 95.4 cm³/mol. The maximum absolute atomic E-state index is 14.2. The van der Waals surface area contributed by atoms with E-state index in [9.17, 15) is 23.9 Å². The summed E-state index contributed by atoms with van der Waals surface area (Å²) in [5.74, 6) is -3.61. The summed E-state index contributed by atoms with van der Waals surface area (Å²) in [6.45, 7) is -0.283. The standard InChI is InChI=1S/C17H14ClFN2O4S/c18-9-2-1-3-10(19)14(9)15(23)13-8-4-7(17(24)25)5-11(8)26-16(13)21-12(22)6-20/h1-3,7H,4-6,20H2,(H,21,22)(H,24,25). The minimum absolute atomic E-state index is 0.0566. The summed E-state index contributed by atoms with van der Waals surface area (Å²) in [7, 11) is 0. The van der Waals surface area contributed by atoms with Crippen molar-refractivity contribution < 1.29 is 23.9 Å². The fourth-order valence-electron chi connectivity index (χ4n) is 2.96. The predicted octanol–water partition coefficient (Wildman–Crippen LogP) is 2.47. The van der Waals surface area contributed by atoms with Crippen molar-refractivity contribution >= 4 is 45.6 Å². The zero-order valence-electron chi connectivity index (χ0n) is 13.3. The second-order valence-electron chi connectivity index (χ2n) is 5.83. The Morgan fingerprint density at radius 3 is 2.65 bits per heavy atom. The molecule has 1 heterocycles. The number of nitrogens with two attached hydrogens (primary N) is 1. The Morgan fingerprint density at radius 2 is 2.04 bits per heavy atom. The van der Waals surface area contributed by atoms with Gasteiger partial charge in [0, 0.05) is 4.88 Å². The lowest BCUT2D eigenvalue weighted by Crippen LogP contribution is -2.23. The van der Waals surface area contributed by atoms with Crippen molar-refractivity contribution in [2.45, 2.75) is 12.8 Å². The molecule has 1 unspecified atom stereocenters. The molecule has 6 nitrogen and oxygen atoms in total. The lowest BCUT2D eigenvalue weighted by atomic mass is 9.98. The molecule has 3 rings (SSSR count). The smallest absolute Gasteiger partial charge is 0.307 e. The third-order valence-corrected chi connectivity index (χ3v) is 5.66. The van der Waals surface area contributed by atoms with E-state index in [-0.39, 0.29) is 40.5 Å². The Hall–Kier alpha value is -2.29. The van der Waals surface area contributed by atoms with Gasteiger partial charge in [0.1, 0.15) is 10.8 Å². The van der Waals surface area contributed by atoms with E-state index in [1.807, 2.05) is 0 Å². The van der Waals surface area contributed by atoms with Gasteiger partial charge in [0.25, 0.3) is 0 Å². The number of fused-ring (bicyclic) bond motifs is 1. The number of aliphatic carboxylic acids is 1. The molecular weight excluding hydrogens is 383 g/mol. The minimum atomic E-state index is -0.969. The molecule has 4 N–H and O–H groups in total. The fourth-order valence-corrected chi connectivity index (χ4v) is 4.53. The summed E-state index contributed by atoms with van der Waals surface area (Å²) in [6.07, 6.45) is 0.381. The molecule has 1 atom stereocenters. The summed E-state index contributed by atoms with van der Waals surface area (Å²) < 4.78 is 14.2. The molecule has 9 heteroatoms. The van der Waals surface area contributed by atoms with Gasteiger partial charge in [0.2, 0.25) is 11.7 Å². The van der Waals surface area contributed by atoms with Gasteiger partial charge >= 0.3 is 5.97 Å².